The molecule has 2 heterocycles. The van der Waals surface area contributed by atoms with Crippen molar-refractivity contribution < 1.29 is 163 Å². The molecule has 0 aliphatic carbocycles. The fraction of sp³-hybridized carbons (Fsp3) is 0.417. The van der Waals surface area contributed by atoms with E-state index >= 15 is 0 Å². The fourth-order valence-electron chi connectivity index (χ4n) is 9.01. The number of benzene rings is 7. The van der Waals surface area contributed by atoms with Crippen molar-refractivity contribution in [1.29, 1.82) is 0 Å². The maximum absolute atomic E-state index is 12.6. The summed E-state index contributed by atoms with van der Waals surface area (Å²) in [6, 6.07) is 48.6. The molecule has 38 heteroatoms. The van der Waals surface area contributed by atoms with Gasteiger partial charge in [-0.1, -0.05) is 97.1 Å². The average Bonchev–Trinajstić information content (AvgIpc) is 0.794. The van der Waals surface area contributed by atoms with E-state index in [1.54, 1.807) is 0 Å². The number of ether oxygens (including phenoxy) is 16. The van der Waals surface area contributed by atoms with Crippen LogP contribution in [0.2, 0.25) is 0 Å². The van der Waals surface area contributed by atoms with Crippen LogP contribution in [0.1, 0.15) is 33.4 Å². The zero-order valence-electron chi connectivity index (χ0n) is 59.3. The summed E-state index contributed by atoms with van der Waals surface area (Å²) in [7, 11) is -21.3. The molecule has 18 nitrogen and oxygen atoms in total. The first-order valence-corrected chi connectivity index (χ1v) is 38.1. The SMILES string of the molecule is FC(F)(F)c1ccc(C[NH2+]Cc2ccc(C[NH2+]Cc3ccc(C(F)(F)F)cc3)cc2)cc1.F[P-](F)(F)(F)(F)F.F[P-](F)(F)(F)(F)F.c1ccc2c(c1)OCCOCCOCCOc1ccccc1OCCOCCOCCO2.c1ccc2c(c1)OCCOCCOCCOc1ccccc1OCCOCCOCCO2. The molecule has 0 unspecified atom stereocenters. The first kappa shape index (κ1) is 92.7. The van der Waals surface area contributed by atoms with Crippen LogP contribution in [0, 0.1) is 0 Å². The summed E-state index contributed by atoms with van der Waals surface area (Å²) in [5, 5.41) is 4.04. The summed E-state index contributed by atoms with van der Waals surface area (Å²) in [6.45, 7) is 13.5. The molecule has 0 saturated heterocycles. The number of fused-ring (bicyclic) bond motifs is 4. The van der Waals surface area contributed by atoms with Crippen molar-refractivity contribution >= 4 is 15.6 Å². The Labute approximate surface area is 623 Å². The first-order chi connectivity index (χ1) is 51.9. The molecule has 2 aliphatic rings. The Kier molecular flexibility index (Phi) is 37.9. The minimum Gasteiger partial charge on any atom is -0.487 e. The predicted octanol–water partition coefficient (Wildman–Crippen LogP) is 17.0. The van der Waals surface area contributed by atoms with E-state index in [0.717, 1.165) is 46.5 Å². The van der Waals surface area contributed by atoms with Crippen LogP contribution in [0.25, 0.3) is 0 Å². The van der Waals surface area contributed by atoms with Gasteiger partial charge in [0.15, 0.2) is 46.0 Å². The van der Waals surface area contributed by atoms with Gasteiger partial charge in [-0.15, -0.1) is 0 Å². The number of nitrogens with two attached hydrogens (primary N) is 2. The number of hydrogen-bond donors (Lipinski definition) is 2. The number of halogens is 18. The molecule has 2 aliphatic heterocycles. The van der Waals surface area contributed by atoms with E-state index in [2.05, 4.69) is 0 Å². The van der Waals surface area contributed by atoms with Gasteiger partial charge in [0.05, 0.1) is 117 Å². The molecule has 110 heavy (non-hydrogen) atoms. The maximum atomic E-state index is 12.6. The Bertz CT molecular complexity index is 3170. The van der Waals surface area contributed by atoms with Gasteiger partial charge in [-0.05, 0) is 72.8 Å². The molecule has 618 valence electrons. The topological polar surface area (TPSA) is 181 Å². The van der Waals surface area contributed by atoms with Crippen LogP contribution >= 0.6 is 15.6 Å². The molecule has 7 aromatic rings. The zero-order valence-corrected chi connectivity index (χ0v) is 61.1. The second-order valence-corrected chi connectivity index (χ2v) is 26.8. The summed E-state index contributed by atoms with van der Waals surface area (Å²) in [5.74, 6) is 5.46. The molecular weight excluding hydrogens is 1550 g/mol. The van der Waals surface area contributed by atoms with Crippen molar-refractivity contribution in [1.82, 2.24) is 0 Å². The predicted molar refractivity (Wildman–Crippen MR) is 371 cm³/mol. The third kappa shape index (κ3) is 48.7. The fourth-order valence-corrected chi connectivity index (χ4v) is 9.01. The van der Waals surface area contributed by atoms with E-state index in [1.165, 1.54) is 24.3 Å². The van der Waals surface area contributed by atoms with Crippen molar-refractivity contribution in [2.75, 3.05) is 159 Å². The molecule has 0 atom stereocenters. The van der Waals surface area contributed by atoms with Gasteiger partial charge in [0.1, 0.15) is 79.0 Å². The molecule has 7 aromatic carbocycles. The van der Waals surface area contributed by atoms with E-state index in [0.29, 0.717) is 231 Å². The van der Waals surface area contributed by atoms with Crippen molar-refractivity contribution in [2.24, 2.45) is 0 Å². The van der Waals surface area contributed by atoms with E-state index in [4.69, 9.17) is 75.8 Å². The standard InChI is InChI=1S/C24H22F6N2.2C24H32O8.2F6P/c25-23(26,27)21-9-5-19(6-10-21)15-31-13-17-1-2-18(4-3-17)14-32-16-20-7-11-22(12-8-20)24(28,29)30;2*1-2-6-22-21(5-1)29-17-13-25-9-10-27-15-19-31-23-7-3-4-8-24(23)32-20-16-28-12-11-26-14-18-30-22;2*1-7(2,3,4,5)6/h1-12,31-32H,13-16H2;2*1-8H,9-20H2;;/q;;;2*-1/p+2. The van der Waals surface area contributed by atoms with Gasteiger partial charge in [-0.3, -0.25) is 0 Å². The van der Waals surface area contributed by atoms with Gasteiger partial charge in [0, 0.05) is 22.3 Å². The van der Waals surface area contributed by atoms with Gasteiger partial charge in [-0.2, -0.15) is 26.3 Å². The molecule has 0 fully saturated rings. The van der Waals surface area contributed by atoms with Gasteiger partial charge in [-0.25, -0.2) is 0 Å². The van der Waals surface area contributed by atoms with Crippen LogP contribution in [0.15, 0.2) is 170 Å². The maximum Gasteiger partial charge on any atom is 0.161 e. The normalized spacial score (nSPS) is 17.1. The minimum atomic E-state index is -10.7. The summed E-state index contributed by atoms with van der Waals surface area (Å²) >= 11 is 0. The van der Waals surface area contributed by atoms with Gasteiger partial charge >= 0.3 is 78.3 Å². The second-order valence-electron chi connectivity index (χ2n) is 23.0. The number of hydrogen-bond acceptors (Lipinski definition) is 16. The van der Waals surface area contributed by atoms with Crippen LogP contribution in [0.5, 0.6) is 46.0 Å². The van der Waals surface area contributed by atoms with Crippen LogP contribution < -0.4 is 48.5 Å². The molecule has 0 radical (unpaired) electrons. The Balaban J connectivity index is 0.000000271. The first-order valence-electron chi connectivity index (χ1n) is 34.0. The van der Waals surface area contributed by atoms with Crippen LogP contribution in [0.3, 0.4) is 0 Å². The summed E-state index contributed by atoms with van der Waals surface area (Å²) in [4.78, 5) is 0. The summed E-state index contributed by atoms with van der Waals surface area (Å²) < 4.78 is 285. The summed E-state index contributed by atoms with van der Waals surface area (Å²) in [6.07, 6.45) is -8.64. The Morgan fingerprint density at radius 1 is 0.209 bits per heavy atom. The monoisotopic (exact) mass is 1640 g/mol. The number of quaternary nitrogens is 2. The molecule has 0 bridgehead atoms. The van der Waals surface area contributed by atoms with Crippen molar-refractivity contribution in [3.05, 3.63) is 203 Å². The van der Waals surface area contributed by atoms with Crippen molar-refractivity contribution in [2.45, 2.75) is 38.5 Å². The molecule has 4 N–H and O–H groups in total. The molecule has 9 rings (SSSR count). The van der Waals surface area contributed by atoms with Crippen molar-refractivity contribution in [3.63, 3.8) is 0 Å². The second kappa shape index (κ2) is 45.0. The van der Waals surface area contributed by atoms with Crippen LogP contribution in [-0.2, 0) is 76.4 Å². The molecule has 0 saturated carbocycles. The number of para-hydroxylation sites is 8. The van der Waals surface area contributed by atoms with Gasteiger partial charge < -0.3 is 86.4 Å². The molecular formula is C72H88F18N2O16P2. The average molecular weight is 1640 g/mol. The van der Waals surface area contributed by atoms with E-state index < -0.39 is 39.1 Å². The summed E-state index contributed by atoms with van der Waals surface area (Å²) in [5.41, 5.74) is 2.56. The van der Waals surface area contributed by atoms with E-state index in [1.807, 2.05) is 132 Å². The van der Waals surface area contributed by atoms with Gasteiger partial charge in [0.2, 0.25) is 0 Å². The third-order valence-electron chi connectivity index (χ3n) is 13.9. The Morgan fingerprint density at radius 2 is 0.336 bits per heavy atom. The van der Waals surface area contributed by atoms with E-state index in [9.17, 15) is 76.7 Å². The van der Waals surface area contributed by atoms with Gasteiger partial charge in [0.25, 0.3) is 0 Å². The van der Waals surface area contributed by atoms with Crippen LogP contribution in [0.4, 0.5) is 76.7 Å². The third-order valence-corrected chi connectivity index (χ3v) is 13.9. The number of alkyl halides is 6. The quantitative estimate of drug-likeness (QED) is 0.108. The van der Waals surface area contributed by atoms with E-state index in [-0.39, 0.29) is 0 Å². The van der Waals surface area contributed by atoms with Crippen LogP contribution in [-0.4, -0.2) is 159 Å². The molecule has 0 spiro atoms. The number of rotatable bonds is 8. The minimum absolute atomic E-state index is 0.425. The largest absolute Gasteiger partial charge is 0.487 e. The molecule has 0 amide bonds. The smallest absolute Gasteiger partial charge is 0.161 e. The zero-order chi connectivity index (χ0) is 80.2. The van der Waals surface area contributed by atoms with Crippen molar-refractivity contribution in [3.8, 4) is 46.0 Å². The Hall–Kier alpha value is -7.86. The molecule has 0 aromatic heterocycles. The Morgan fingerprint density at radius 3 is 0.473 bits per heavy atom.